The number of aryl methyl sites for hydroxylation is 2. The molecule has 0 spiro atoms. The van der Waals surface area contributed by atoms with Crippen LogP contribution in [-0.4, -0.2) is 58.6 Å². The van der Waals surface area contributed by atoms with Crippen LogP contribution in [0.4, 0.5) is 11.6 Å². The summed E-state index contributed by atoms with van der Waals surface area (Å²) in [7, 11) is 2.14. The summed E-state index contributed by atoms with van der Waals surface area (Å²) in [6.45, 7) is 12.2. The van der Waals surface area contributed by atoms with Crippen LogP contribution in [0.2, 0.25) is 0 Å². The Morgan fingerprint density at radius 1 is 1.08 bits per heavy atom. The fraction of sp³-hybridized carbons (Fsp3) is 0.367. The van der Waals surface area contributed by atoms with Crippen molar-refractivity contribution in [2.45, 2.75) is 40.3 Å². The number of aromatic nitrogens is 3. The van der Waals surface area contributed by atoms with Gasteiger partial charge in [-0.15, -0.1) is 0 Å². The third-order valence-corrected chi connectivity index (χ3v) is 7.64. The number of carbonyl (C=O) groups excluding carboxylic acids is 1. The number of nitrogens with one attached hydrogen (secondary N) is 2. The van der Waals surface area contributed by atoms with Crippen molar-refractivity contribution in [3.63, 3.8) is 0 Å². The molecule has 1 aromatic carbocycles. The number of piperazine rings is 1. The van der Waals surface area contributed by atoms with Gasteiger partial charge in [-0.1, -0.05) is 0 Å². The standard InChI is InChI=1S/C30H37N7O2/c1-18(2)37-17-20(4)28-23(29(38)33-16-24-19(3)12-26(31)34-30(24)39)13-22(14-25(28)37)21-6-7-27(32-15-21)36-10-8-35(5)9-11-36/h6-7,12-15,17-18H,8-11,16H2,1-5H3,(H,33,38)(H3,31,34,39). The number of hydrogen-bond donors (Lipinski definition) is 3. The van der Waals surface area contributed by atoms with Crippen molar-refractivity contribution in [2.75, 3.05) is 43.9 Å². The van der Waals surface area contributed by atoms with Crippen LogP contribution in [-0.2, 0) is 6.54 Å². The number of amides is 1. The van der Waals surface area contributed by atoms with Gasteiger partial charge in [-0.3, -0.25) is 9.59 Å². The number of nitrogen functional groups attached to an aromatic ring is 1. The van der Waals surface area contributed by atoms with E-state index >= 15 is 0 Å². The van der Waals surface area contributed by atoms with Gasteiger partial charge in [-0.05, 0) is 81.8 Å². The molecule has 9 nitrogen and oxygen atoms in total. The fourth-order valence-corrected chi connectivity index (χ4v) is 5.37. The van der Waals surface area contributed by atoms with Crippen LogP contribution in [0.15, 0.2) is 47.5 Å². The van der Waals surface area contributed by atoms with Gasteiger partial charge in [0.2, 0.25) is 0 Å². The molecule has 1 aliphatic heterocycles. The van der Waals surface area contributed by atoms with Crippen LogP contribution in [0.3, 0.4) is 0 Å². The van der Waals surface area contributed by atoms with Crippen molar-refractivity contribution in [1.29, 1.82) is 0 Å². The number of anilines is 2. The SMILES string of the molecule is Cc1cc(N)[nH]c(=O)c1CNC(=O)c1cc(-c2ccc(N3CCN(C)CC3)nc2)cc2c1c(C)cn2C(C)C. The van der Waals surface area contributed by atoms with E-state index in [1.54, 1.807) is 6.07 Å². The Labute approximate surface area is 228 Å². The molecule has 204 valence electrons. The Morgan fingerprint density at radius 3 is 2.46 bits per heavy atom. The third kappa shape index (κ3) is 5.27. The predicted molar refractivity (Wildman–Crippen MR) is 157 cm³/mol. The first-order chi connectivity index (χ1) is 18.6. The van der Waals surface area contributed by atoms with E-state index in [1.807, 2.05) is 26.1 Å². The summed E-state index contributed by atoms with van der Waals surface area (Å²) in [5.41, 5.74) is 11.2. The normalized spacial score (nSPS) is 14.4. The summed E-state index contributed by atoms with van der Waals surface area (Å²) in [6, 6.07) is 10.1. The average molecular weight is 528 g/mol. The number of H-pyrrole nitrogens is 1. The number of hydrogen-bond acceptors (Lipinski definition) is 6. The number of nitrogens with two attached hydrogens (primary N) is 1. The van der Waals surface area contributed by atoms with Gasteiger partial charge < -0.3 is 30.4 Å². The zero-order chi connectivity index (χ0) is 27.8. The number of aromatic amines is 1. The second-order valence-corrected chi connectivity index (χ2v) is 10.8. The zero-order valence-corrected chi connectivity index (χ0v) is 23.3. The van der Waals surface area contributed by atoms with E-state index in [1.165, 1.54) is 0 Å². The molecule has 9 heteroatoms. The molecular weight excluding hydrogens is 490 g/mol. The lowest BCUT2D eigenvalue weighted by molar-refractivity contribution is 0.0952. The molecular formula is C30H37N7O2. The Hall–Kier alpha value is -4.11. The van der Waals surface area contributed by atoms with Crippen LogP contribution in [0.1, 0.15) is 46.9 Å². The molecule has 0 atom stereocenters. The molecule has 1 fully saturated rings. The number of likely N-dealkylation sites (N-methyl/N-ethyl adjacent to an activating group) is 1. The van der Waals surface area contributed by atoms with E-state index in [2.05, 4.69) is 70.0 Å². The van der Waals surface area contributed by atoms with Crippen LogP contribution in [0.5, 0.6) is 0 Å². The molecule has 4 heterocycles. The average Bonchev–Trinajstić information content (AvgIpc) is 3.24. The van der Waals surface area contributed by atoms with Gasteiger partial charge in [0.25, 0.3) is 11.5 Å². The lowest BCUT2D eigenvalue weighted by Gasteiger charge is -2.33. The number of rotatable bonds is 6. The third-order valence-electron chi connectivity index (χ3n) is 7.64. The van der Waals surface area contributed by atoms with Crippen molar-refractivity contribution in [1.82, 2.24) is 24.8 Å². The number of carbonyl (C=O) groups is 1. The van der Waals surface area contributed by atoms with Crippen molar-refractivity contribution in [3.8, 4) is 11.1 Å². The number of benzene rings is 1. The second kappa shape index (κ2) is 10.6. The number of nitrogens with zero attached hydrogens (tertiary/aromatic N) is 4. The molecule has 3 aromatic heterocycles. The van der Waals surface area contributed by atoms with E-state index in [9.17, 15) is 9.59 Å². The smallest absolute Gasteiger partial charge is 0.254 e. The predicted octanol–water partition coefficient (Wildman–Crippen LogP) is 3.85. The molecule has 4 N–H and O–H groups in total. The Morgan fingerprint density at radius 2 is 1.82 bits per heavy atom. The van der Waals surface area contributed by atoms with Crippen molar-refractivity contribution >= 4 is 28.4 Å². The quantitative estimate of drug-likeness (QED) is 0.351. The molecule has 5 rings (SSSR count). The maximum Gasteiger partial charge on any atom is 0.254 e. The van der Waals surface area contributed by atoms with Crippen LogP contribution in [0, 0.1) is 13.8 Å². The summed E-state index contributed by atoms with van der Waals surface area (Å²) in [4.78, 5) is 38.1. The van der Waals surface area contributed by atoms with Crippen LogP contribution >= 0.6 is 0 Å². The molecule has 0 unspecified atom stereocenters. The molecule has 0 saturated carbocycles. The van der Waals surface area contributed by atoms with Crippen LogP contribution < -0.4 is 21.5 Å². The van der Waals surface area contributed by atoms with Gasteiger partial charge in [-0.2, -0.15) is 0 Å². The maximum atomic E-state index is 13.6. The molecule has 39 heavy (non-hydrogen) atoms. The molecule has 0 aliphatic carbocycles. The van der Waals surface area contributed by atoms with Crippen molar-refractivity contribution < 1.29 is 4.79 Å². The monoisotopic (exact) mass is 527 g/mol. The van der Waals surface area contributed by atoms with E-state index in [4.69, 9.17) is 10.7 Å². The highest BCUT2D eigenvalue weighted by Crippen LogP contribution is 2.33. The summed E-state index contributed by atoms with van der Waals surface area (Å²) >= 11 is 0. The number of pyridine rings is 2. The Balaban J connectivity index is 1.51. The molecule has 1 amide bonds. The van der Waals surface area contributed by atoms with E-state index in [0.29, 0.717) is 16.9 Å². The minimum atomic E-state index is -0.291. The maximum absolute atomic E-state index is 13.6. The first-order valence-electron chi connectivity index (χ1n) is 13.4. The summed E-state index contributed by atoms with van der Waals surface area (Å²) < 4.78 is 2.20. The molecule has 0 radical (unpaired) electrons. The lowest BCUT2D eigenvalue weighted by atomic mass is 9.98. The summed E-state index contributed by atoms with van der Waals surface area (Å²) in [6.07, 6.45) is 3.99. The van der Waals surface area contributed by atoms with E-state index < -0.39 is 0 Å². The van der Waals surface area contributed by atoms with E-state index in [0.717, 1.165) is 65.2 Å². The van der Waals surface area contributed by atoms with Gasteiger partial charge in [-0.25, -0.2) is 4.98 Å². The lowest BCUT2D eigenvalue weighted by Crippen LogP contribution is -2.44. The fourth-order valence-electron chi connectivity index (χ4n) is 5.37. The highest BCUT2D eigenvalue weighted by Gasteiger charge is 2.20. The minimum absolute atomic E-state index is 0.108. The Kier molecular flexibility index (Phi) is 7.18. The molecule has 0 bridgehead atoms. The van der Waals surface area contributed by atoms with Gasteiger partial charge in [0.15, 0.2) is 0 Å². The first kappa shape index (κ1) is 26.5. The van der Waals surface area contributed by atoms with Crippen molar-refractivity contribution in [3.05, 3.63) is 75.3 Å². The molecule has 4 aromatic rings. The summed E-state index contributed by atoms with van der Waals surface area (Å²) in [5, 5.41) is 3.89. The van der Waals surface area contributed by atoms with Gasteiger partial charge in [0.1, 0.15) is 11.6 Å². The van der Waals surface area contributed by atoms with E-state index in [-0.39, 0.29) is 24.1 Å². The van der Waals surface area contributed by atoms with Crippen molar-refractivity contribution in [2.24, 2.45) is 0 Å². The topological polar surface area (TPSA) is 112 Å². The molecule has 1 saturated heterocycles. The van der Waals surface area contributed by atoms with Gasteiger partial charge >= 0.3 is 0 Å². The highest BCUT2D eigenvalue weighted by atomic mass is 16.1. The largest absolute Gasteiger partial charge is 0.385 e. The Bertz CT molecular complexity index is 1580. The minimum Gasteiger partial charge on any atom is -0.385 e. The van der Waals surface area contributed by atoms with Crippen LogP contribution in [0.25, 0.3) is 22.0 Å². The number of fused-ring (bicyclic) bond motifs is 1. The zero-order valence-electron chi connectivity index (χ0n) is 23.3. The van der Waals surface area contributed by atoms with Gasteiger partial charge in [0, 0.05) is 78.8 Å². The first-order valence-corrected chi connectivity index (χ1v) is 13.4. The summed E-state index contributed by atoms with van der Waals surface area (Å²) in [5.74, 6) is 1.04. The highest BCUT2D eigenvalue weighted by molar-refractivity contribution is 6.09. The second-order valence-electron chi connectivity index (χ2n) is 10.8. The van der Waals surface area contributed by atoms with Gasteiger partial charge in [0.05, 0.1) is 0 Å². The molecule has 1 aliphatic rings.